The van der Waals surface area contributed by atoms with E-state index in [0.717, 1.165) is 32.1 Å². The van der Waals surface area contributed by atoms with Gasteiger partial charge in [0.2, 0.25) is 10.0 Å². The molecule has 0 radical (unpaired) electrons. The van der Waals surface area contributed by atoms with E-state index in [9.17, 15) is 8.42 Å². The van der Waals surface area contributed by atoms with Crippen molar-refractivity contribution >= 4 is 27.3 Å². The summed E-state index contributed by atoms with van der Waals surface area (Å²) >= 11 is 5.85. The minimum Gasteiger partial charge on any atom is -0.398 e. The topological polar surface area (TPSA) is 63.4 Å². The highest BCUT2D eigenvalue weighted by Gasteiger charge is 2.32. The zero-order chi connectivity index (χ0) is 14.8. The maximum atomic E-state index is 12.8. The van der Waals surface area contributed by atoms with Crippen LogP contribution in [0, 0.1) is 0 Å². The Balaban J connectivity index is 2.41. The molecule has 1 saturated heterocycles. The van der Waals surface area contributed by atoms with Crippen molar-refractivity contribution in [1.29, 1.82) is 0 Å². The summed E-state index contributed by atoms with van der Waals surface area (Å²) in [6.45, 7) is 2.60. The number of hydrogen-bond donors (Lipinski definition) is 1. The van der Waals surface area contributed by atoms with E-state index in [1.165, 1.54) is 12.1 Å². The van der Waals surface area contributed by atoms with Gasteiger partial charge in [0.05, 0.1) is 5.69 Å². The highest BCUT2D eigenvalue weighted by atomic mass is 35.5. The van der Waals surface area contributed by atoms with Gasteiger partial charge in [0.25, 0.3) is 0 Å². The van der Waals surface area contributed by atoms with Crippen molar-refractivity contribution < 1.29 is 8.42 Å². The van der Waals surface area contributed by atoms with Gasteiger partial charge < -0.3 is 5.73 Å². The van der Waals surface area contributed by atoms with Gasteiger partial charge in [0.15, 0.2) is 0 Å². The average Bonchev–Trinajstić information content (AvgIpc) is 2.63. The quantitative estimate of drug-likeness (QED) is 0.870. The number of sulfonamides is 1. The lowest BCUT2D eigenvalue weighted by Crippen LogP contribution is -2.39. The molecule has 112 valence electrons. The van der Waals surface area contributed by atoms with E-state index >= 15 is 0 Å². The molecule has 0 aromatic heterocycles. The highest BCUT2D eigenvalue weighted by molar-refractivity contribution is 7.89. The van der Waals surface area contributed by atoms with E-state index < -0.39 is 10.0 Å². The van der Waals surface area contributed by atoms with Crippen molar-refractivity contribution in [2.75, 3.05) is 12.3 Å². The van der Waals surface area contributed by atoms with Crippen molar-refractivity contribution in [3.8, 4) is 0 Å². The number of nitrogen functional groups attached to an aromatic ring is 1. The lowest BCUT2D eigenvalue weighted by molar-refractivity contribution is 0.315. The zero-order valence-corrected chi connectivity index (χ0v) is 13.3. The van der Waals surface area contributed by atoms with Crippen LogP contribution in [0.3, 0.4) is 0 Å². The number of halogens is 1. The van der Waals surface area contributed by atoms with Crippen molar-refractivity contribution in [3.63, 3.8) is 0 Å². The summed E-state index contributed by atoms with van der Waals surface area (Å²) in [7, 11) is -3.54. The Kier molecular flexibility index (Phi) is 4.94. The van der Waals surface area contributed by atoms with Crippen molar-refractivity contribution in [1.82, 2.24) is 4.31 Å². The lowest BCUT2D eigenvalue weighted by Gasteiger charge is -2.28. The Morgan fingerprint density at radius 1 is 1.35 bits per heavy atom. The monoisotopic (exact) mass is 316 g/mol. The molecule has 2 N–H and O–H groups in total. The van der Waals surface area contributed by atoms with E-state index in [1.54, 1.807) is 10.4 Å². The Morgan fingerprint density at radius 3 is 2.75 bits per heavy atom. The molecule has 1 aliphatic rings. The molecule has 1 aromatic rings. The highest BCUT2D eigenvalue weighted by Crippen LogP contribution is 2.30. The van der Waals surface area contributed by atoms with Crippen LogP contribution >= 0.6 is 11.6 Å². The fourth-order valence-corrected chi connectivity index (χ4v) is 4.80. The fraction of sp³-hybridized carbons (Fsp3) is 0.571. The molecule has 1 unspecified atom stereocenters. The second kappa shape index (κ2) is 6.33. The molecule has 1 atom stereocenters. The van der Waals surface area contributed by atoms with Crippen molar-refractivity contribution in [2.24, 2.45) is 0 Å². The van der Waals surface area contributed by atoms with Gasteiger partial charge in [-0.1, -0.05) is 31.4 Å². The summed E-state index contributed by atoms with van der Waals surface area (Å²) in [6.07, 6.45) is 4.82. The van der Waals surface area contributed by atoms with Crippen LogP contribution in [0.15, 0.2) is 23.1 Å². The van der Waals surface area contributed by atoms with Crippen LogP contribution in [0.4, 0.5) is 5.69 Å². The van der Waals surface area contributed by atoms with Gasteiger partial charge in [-0.25, -0.2) is 8.42 Å². The molecule has 1 heterocycles. The lowest BCUT2D eigenvalue weighted by atomic mass is 10.1. The minimum atomic E-state index is -3.54. The summed E-state index contributed by atoms with van der Waals surface area (Å²) in [5.41, 5.74) is 6.07. The normalized spacial score (nSPS) is 21.6. The first-order valence-corrected chi connectivity index (χ1v) is 8.85. The standard InChI is InChI=1S/C14H21ClN2O2S/c1-2-12-6-4-3-5-9-17(12)20(18,19)14-8-7-11(15)10-13(14)16/h7-8,10,12H,2-6,9,16H2,1H3. The van der Waals surface area contributed by atoms with Gasteiger partial charge in [0, 0.05) is 17.6 Å². The summed E-state index contributed by atoms with van der Waals surface area (Å²) in [5, 5.41) is 0.448. The van der Waals surface area contributed by atoms with Crippen LogP contribution < -0.4 is 5.73 Å². The predicted octanol–water partition coefficient (Wildman–Crippen LogP) is 3.27. The summed E-state index contributed by atoms with van der Waals surface area (Å²) in [6, 6.07) is 4.64. The molecule has 0 saturated carbocycles. The predicted molar refractivity (Wildman–Crippen MR) is 82.3 cm³/mol. The Hall–Kier alpha value is -0.780. The Morgan fingerprint density at radius 2 is 2.10 bits per heavy atom. The third-order valence-corrected chi connectivity index (χ3v) is 6.11. The molecule has 6 heteroatoms. The second-order valence-electron chi connectivity index (χ2n) is 5.21. The molecule has 0 spiro atoms. The molecule has 1 aromatic carbocycles. The maximum absolute atomic E-state index is 12.8. The van der Waals surface area contributed by atoms with Gasteiger partial charge >= 0.3 is 0 Å². The van der Waals surface area contributed by atoms with E-state index in [1.807, 2.05) is 6.92 Å². The number of anilines is 1. The number of hydrogen-bond acceptors (Lipinski definition) is 3. The number of rotatable bonds is 3. The molecule has 20 heavy (non-hydrogen) atoms. The van der Waals surface area contributed by atoms with Gasteiger partial charge in [-0.15, -0.1) is 0 Å². The van der Waals surface area contributed by atoms with Gasteiger partial charge in [-0.3, -0.25) is 0 Å². The summed E-state index contributed by atoms with van der Waals surface area (Å²) < 4.78 is 27.3. The van der Waals surface area contributed by atoms with Crippen LogP contribution in [0.25, 0.3) is 0 Å². The zero-order valence-electron chi connectivity index (χ0n) is 11.7. The molecule has 2 rings (SSSR count). The third-order valence-electron chi connectivity index (χ3n) is 3.85. The van der Waals surface area contributed by atoms with Crippen molar-refractivity contribution in [2.45, 2.75) is 50.0 Å². The first-order valence-electron chi connectivity index (χ1n) is 7.03. The number of nitrogens with zero attached hydrogens (tertiary/aromatic N) is 1. The third kappa shape index (κ3) is 3.10. The average molecular weight is 317 g/mol. The van der Waals surface area contributed by atoms with Crippen LogP contribution in [-0.4, -0.2) is 25.3 Å². The molecule has 4 nitrogen and oxygen atoms in total. The first kappa shape index (κ1) is 15.6. The van der Waals surface area contributed by atoms with Crippen LogP contribution in [0.5, 0.6) is 0 Å². The molecular formula is C14H21ClN2O2S. The Labute approximate surface area is 126 Å². The van der Waals surface area contributed by atoms with Crippen LogP contribution in [0.1, 0.15) is 39.0 Å². The van der Waals surface area contributed by atoms with E-state index in [2.05, 4.69) is 0 Å². The van der Waals surface area contributed by atoms with E-state index in [0.29, 0.717) is 11.6 Å². The smallest absolute Gasteiger partial charge is 0.245 e. The van der Waals surface area contributed by atoms with Gasteiger partial charge in [0.1, 0.15) is 4.90 Å². The molecule has 1 aliphatic heterocycles. The molecule has 0 aliphatic carbocycles. The molecule has 1 fully saturated rings. The maximum Gasteiger partial charge on any atom is 0.245 e. The second-order valence-corrected chi connectivity index (χ2v) is 7.50. The molecule has 0 bridgehead atoms. The summed E-state index contributed by atoms with van der Waals surface area (Å²) in [4.78, 5) is 0.169. The Bertz CT molecular complexity index is 575. The SMILES string of the molecule is CCC1CCCCCN1S(=O)(=O)c1ccc(Cl)cc1N. The molecule has 0 amide bonds. The first-order chi connectivity index (χ1) is 9.46. The van der Waals surface area contributed by atoms with Crippen LogP contribution in [0.2, 0.25) is 5.02 Å². The van der Waals surface area contributed by atoms with Crippen molar-refractivity contribution in [3.05, 3.63) is 23.2 Å². The van der Waals surface area contributed by atoms with E-state index in [-0.39, 0.29) is 16.6 Å². The largest absolute Gasteiger partial charge is 0.398 e. The minimum absolute atomic E-state index is 0.0672. The van der Waals surface area contributed by atoms with Gasteiger partial charge in [-0.2, -0.15) is 4.31 Å². The summed E-state index contributed by atoms with van der Waals surface area (Å²) in [5.74, 6) is 0. The number of nitrogens with two attached hydrogens (primary N) is 1. The van der Waals surface area contributed by atoms with E-state index in [4.69, 9.17) is 17.3 Å². The fourth-order valence-electron chi connectivity index (χ4n) is 2.76. The molecular weight excluding hydrogens is 296 g/mol. The number of benzene rings is 1. The van der Waals surface area contributed by atoms with Crippen LogP contribution in [-0.2, 0) is 10.0 Å². The van der Waals surface area contributed by atoms with Gasteiger partial charge in [-0.05, 0) is 37.5 Å².